The average Bonchev–Trinajstić information content (AvgIpc) is 2.91. The van der Waals surface area contributed by atoms with Gasteiger partial charge in [-0.2, -0.15) is 0 Å². The molecule has 1 aliphatic rings. The number of methoxy groups -OCH3 is 1. The highest BCUT2D eigenvalue weighted by atomic mass is 16.5. The van der Waals surface area contributed by atoms with Gasteiger partial charge in [-0.1, -0.05) is 6.07 Å². The molecule has 1 N–H and O–H groups in total. The molecule has 0 spiro atoms. The topological polar surface area (TPSA) is 71.8 Å². The van der Waals surface area contributed by atoms with E-state index < -0.39 is 0 Å². The van der Waals surface area contributed by atoms with Crippen LogP contribution in [0.1, 0.15) is 16.3 Å². The molecule has 1 aliphatic heterocycles. The molecule has 7 heteroatoms. The number of fused-ring (bicyclic) bond motifs is 1. The number of nitrogens with one attached hydrogen (secondary N) is 1. The number of ether oxygens (including phenoxy) is 1. The summed E-state index contributed by atoms with van der Waals surface area (Å²) in [5.41, 5.74) is 1.12. The highest BCUT2D eigenvalue weighted by Gasteiger charge is 2.18. The Labute approximate surface area is 116 Å². The van der Waals surface area contributed by atoms with E-state index >= 15 is 0 Å². The lowest BCUT2D eigenvalue weighted by Gasteiger charge is -2.26. The first-order valence-corrected chi connectivity index (χ1v) is 6.64. The van der Waals surface area contributed by atoms with E-state index in [9.17, 15) is 4.79 Å². The molecule has 0 radical (unpaired) electrons. The van der Waals surface area contributed by atoms with Crippen molar-refractivity contribution in [3.8, 4) is 0 Å². The zero-order chi connectivity index (χ0) is 13.9. The minimum absolute atomic E-state index is 0.378. The van der Waals surface area contributed by atoms with Crippen LogP contribution in [0.2, 0.25) is 0 Å². The Morgan fingerprint density at radius 1 is 1.35 bits per heavy atom. The molecule has 2 aromatic heterocycles. The van der Waals surface area contributed by atoms with Crippen molar-refractivity contribution in [2.75, 3.05) is 33.3 Å². The number of nitrogens with zero attached hydrogens (tertiary/aromatic N) is 4. The molecule has 0 amide bonds. The molecule has 20 heavy (non-hydrogen) atoms. The number of carbonyl (C=O) groups is 1. The summed E-state index contributed by atoms with van der Waals surface area (Å²) in [6.45, 7) is 4.56. The lowest BCUT2D eigenvalue weighted by Crippen LogP contribution is -2.43. The number of hydrogen-bond donors (Lipinski definition) is 1. The van der Waals surface area contributed by atoms with Crippen molar-refractivity contribution in [2.45, 2.75) is 6.54 Å². The van der Waals surface area contributed by atoms with Gasteiger partial charge in [0.05, 0.1) is 13.7 Å². The zero-order valence-electron chi connectivity index (χ0n) is 11.4. The quantitative estimate of drug-likeness (QED) is 0.790. The minimum Gasteiger partial charge on any atom is -0.464 e. The smallest absolute Gasteiger partial charge is 0.355 e. The highest BCUT2D eigenvalue weighted by Crippen LogP contribution is 2.12. The number of hydrogen-bond acceptors (Lipinski definition) is 6. The van der Waals surface area contributed by atoms with Gasteiger partial charge in [-0.15, -0.1) is 10.2 Å². The molecule has 3 rings (SSSR count). The number of rotatable bonds is 3. The van der Waals surface area contributed by atoms with E-state index in [0.29, 0.717) is 17.9 Å². The Hall–Kier alpha value is -1.99. The lowest BCUT2D eigenvalue weighted by atomic mass is 10.3. The summed E-state index contributed by atoms with van der Waals surface area (Å²) in [6.07, 6.45) is 0. The molecule has 2 aromatic rings. The third-order valence-corrected chi connectivity index (χ3v) is 3.46. The standard InChI is InChI=1S/C13H17N5O2/c1-20-13(19)10-3-2-4-11-15-16-12(18(10)11)9-17-7-5-14-6-8-17/h2-4,14H,5-9H2,1H3. The first kappa shape index (κ1) is 13.0. The van der Waals surface area contributed by atoms with Crippen LogP contribution in [-0.4, -0.2) is 58.8 Å². The fourth-order valence-electron chi connectivity index (χ4n) is 2.44. The molecular formula is C13H17N5O2. The molecule has 7 nitrogen and oxygen atoms in total. The Kier molecular flexibility index (Phi) is 3.62. The van der Waals surface area contributed by atoms with E-state index in [1.54, 1.807) is 16.5 Å². The second-order valence-electron chi connectivity index (χ2n) is 4.74. The van der Waals surface area contributed by atoms with Crippen molar-refractivity contribution in [3.63, 3.8) is 0 Å². The minimum atomic E-state index is -0.378. The van der Waals surface area contributed by atoms with Gasteiger partial charge >= 0.3 is 5.97 Å². The monoisotopic (exact) mass is 275 g/mol. The molecule has 0 aliphatic carbocycles. The Balaban J connectivity index is 1.96. The van der Waals surface area contributed by atoms with E-state index in [1.807, 2.05) is 6.07 Å². The molecule has 0 unspecified atom stereocenters. The molecule has 1 saturated heterocycles. The summed E-state index contributed by atoms with van der Waals surface area (Å²) < 4.78 is 6.59. The molecule has 0 aromatic carbocycles. The first-order valence-electron chi connectivity index (χ1n) is 6.64. The normalized spacial score (nSPS) is 16.4. The third-order valence-electron chi connectivity index (χ3n) is 3.46. The Morgan fingerprint density at radius 2 is 2.15 bits per heavy atom. The predicted octanol–water partition coefficient (Wildman–Crippen LogP) is -0.0789. The van der Waals surface area contributed by atoms with E-state index in [0.717, 1.165) is 32.0 Å². The van der Waals surface area contributed by atoms with Crippen LogP contribution in [0.4, 0.5) is 0 Å². The second-order valence-corrected chi connectivity index (χ2v) is 4.74. The van der Waals surface area contributed by atoms with Gasteiger partial charge in [-0.3, -0.25) is 9.30 Å². The number of esters is 1. The maximum atomic E-state index is 11.8. The van der Waals surface area contributed by atoms with Crippen molar-refractivity contribution in [3.05, 3.63) is 29.7 Å². The van der Waals surface area contributed by atoms with Crippen LogP contribution in [0, 0.1) is 0 Å². The van der Waals surface area contributed by atoms with Crippen molar-refractivity contribution >= 4 is 11.6 Å². The van der Waals surface area contributed by atoms with Gasteiger partial charge in [-0.05, 0) is 12.1 Å². The molecular weight excluding hydrogens is 258 g/mol. The third kappa shape index (κ3) is 2.37. The largest absolute Gasteiger partial charge is 0.464 e. The maximum Gasteiger partial charge on any atom is 0.355 e. The average molecular weight is 275 g/mol. The van der Waals surface area contributed by atoms with Crippen LogP contribution in [0.3, 0.4) is 0 Å². The number of aromatic nitrogens is 3. The lowest BCUT2D eigenvalue weighted by molar-refractivity contribution is 0.0591. The van der Waals surface area contributed by atoms with Gasteiger partial charge in [0.2, 0.25) is 0 Å². The van der Waals surface area contributed by atoms with E-state index in [4.69, 9.17) is 4.74 Å². The van der Waals surface area contributed by atoms with E-state index in [2.05, 4.69) is 20.4 Å². The van der Waals surface area contributed by atoms with Gasteiger partial charge in [0.1, 0.15) is 5.69 Å². The summed E-state index contributed by atoms with van der Waals surface area (Å²) in [7, 11) is 1.38. The number of carbonyl (C=O) groups excluding carboxylic acids is 1. The van der Waals surface area contributed by atoms with Crippen molar-refractivity contribution in [1.82, 2.24) is 24.8 Å². The van der Waals surface area contributed by atoms with Gasteiger partial charge < -0.3 is 10.1 Å². The van der Waals surface area contributed by atoms with Gasteiger partial charge in [-0.25, -0.2) is 4.79 Å². The maximum absolute atomic E-state index is 11.8. The predicted molar refractivity (Wildman–Crippen MR) is 72.5 cm³/mol. The summed E-state index contributed by atoms with van der Waals surface area (Å²) >= 11 is 0. The molecule has 1 fully saturated rings. The Bertz CT molecular complexity index is 618. The van der Waals surface area contributed by atoms with Crippen LogP contribution >= 0.6 is 0 Å². The van der Waals surface area contributed by atoms with E-state index in [1.165, 1.54) is 7.11 Å². The van der Waals surface area contributed by atoms with Crippen LogP contribution < -0.4 is 5.32 Å². The van der Waals surface area contributed by atoms with Gasteiger partial charge in [0, 0.05) is 26.2 Å². The van der Waals surface area contributed by atoms with Crippen molar-refractivity contribution < 1.29 is 9.53 Å². The van der Waals surface area contributed by atoms with Crippen LogP contribution in [0.15, 0.2) is 18.2 Å². The second kappa shape index (κ2) is 5.56. The van der Waals surface area contributed by atoms with Crippen LogP contribution in [0.25, 0.3) is 5.65 Å². The summed E-state index contributed by atoms with van der Waals surface area (Å²) in [6, 6.07) is 5.34. The van der Waals surface area contributed by atoms with Crippen molar-refractivity contribution in [1.29, 1.82) is 0 Å². The Morgan fingerprint density at radius 3 is 2.90 bits per heavy atom. The summed E-state index contributed by atoms with van der Waals surface area (Å²) in [5, 5.41) is 11.6. The molecule has 0 saturated carbocycles. The van der Waals surface area contributed by atoms with Crippen LogP contribution in [-0.2, 0) is 11.3 Å². The zero-order valence-corrected chi connectivity index (χ0v) is 11.4. The highest BCUT2D eigenvalue weighted by molar-refractivity contribution is 5.88. The SMILES string of the molecule is COC(=O)c1cccc2nnc(CN3CCNCC3)n12. The number of piperazine rings is 1. The summed E-state index contributed by atoms with van der Waals surface area (Å²) in [5.74, 6) is 0.389. The molecule has 3 heterocycles. The van der Waals surface area contributed by atoms with E-state index in [-0.39, 0.29) is 5.97 Å². The molecule has 0 atom stereocenters. The summed E-state index contributed by atoms with van der Waals surface area (Å²) in [4.78, 5) is 14.1. The van der Waals surface area contributed by atoms with Crippen LogP contribution in [0.5, 0.6) is 0 Å². The number of pyridine rings is 1. The van der Waals surface area contributed by atoms with Gasteiger partial charge in [0.15, 0.2) is 11.5 Å². The van der Waals surface area contributed by atoms with Crippen molar-refractivity contribution in [2.24, 2.45) is 0 Å². The first-order chi connectivity index (χ1) is 9.79. The van der Waals surface area contributed by atoms with Gasteiger partial charge in [0.25, 0.3) is 0 Å². The molecule has 0 bridgehead atoms. The molecule has 106 valence electrons. The fourth-order valence-corrected chi connectivity index (χ4v) is 2.44. The fraction of sp³-hybridized carbons (Fsp3) is 0.462.